The average Bonchev–Trinajstić information content (AvgIpc) is 3.12. The van der Waals surface area contributed by atoms with Crippen LogP contribution in [0.5, 0.6) is 11.5 Å². The first kappa shape index (κ1) is 23.0. The molecule has 3 amide bonds. The van der Waals surface area contributed by atoms with Crippen molar-refractivity contribution in [3.63, 3.8) is 0 Å². The van der Waals surface area contributed by atoms with Gasteiger partial charge in [0, 0.05) is 5.75 Å². The zero-order valence-corrected chi connectivity index (χ0v) is 20.1. The highest BCUT2D eigenvalue weighted by Crippen LogP contribution is 2.45. The number of benzene rings is 2. The molecule has 2 atom stereocenters. The highest BCUT2D eigenvalue weighted by Gasteiger charge is 2.60. The van der Waals surface area contributed by atoms with E-state index in [9.17, 15) is 19.2 Å². The molecular formula is C25H22N2O7S. The molecule has 1 unspecified atom stereocenters. The van der Waals surface area contributed by atoms with E-state index < -0.39 is 35.1 Å². The van der Waals surface area contributed by atoms with E-state index in [0.717, 1.165) is 10.5 Å². The van der Waals surface area contributed by atoms with E-state index in [1.54, 1.807) is 56.5 Å². The number of carbonyl (C=O) groups is 4. The van der Waals surface area contributed by atoms with E-state index in [-0.39, 0.29) is 29.2 Å². The number of hydrogen-bond acceptors (Lipinski definition) is 8. The number of methoxy groups -OCH3 is 2. The second-order valence-corrected chi connectivity index (χ2v) is 9.38. The third-order valence-corrected chi connectivity index (χ3v) is 7.67. The highest BCUT2D eigenvalue weighted by molar-refractivity contribution is 8.00. The maximum absolute atomic E-state index is 13.3. The number of fused-ring (bicyclic) bond motifs is 2. The smallest absolute Gasteiger partial charge is 0.355 e. The molecule has 0 saturated carbocycles. The summed E-state index contributed by atoms with van der Waals surface area (Å²) in [6.07, 6.45) is 0. The lowest BCUT2D eigenvalue weighted by molar-refractivity contribution is -0.154. The van der Waals surface area contributed by atoms with Gasteiger partial charge in [-0.3, -0.25) is 24.2 Å². The number of β-lactam (4-membered cyclic amide) rings is 1. The lowest BCUT2D eigenvalue weighted by Gasteiger charge is -2.51. The van der Waals surface area contributed by atoms with Crippen LogP contribution in [-0.2, 0) is 20.9 Å². The number of ether oxygens (including phenoxy) is 3. The SMILES string of the molecule is COc1ccc(COC(=O)C2=C(C)CS[C@H]3C(N4C(=O)c5cccc(OC)c5C4=O)C(=O)N23)cc1. The predicted molar refractivity (Wildman–Crippen MR) is 126 cm³/mol. The first-order valence-electron chi connectivity index (χ1n) is 10.9. The van der Waals surface area contributed by atoms with Gasteiger partial charge in [0.1, 0.15) is 35.2 Å². The third kappa shape index (κ3) is 3.56. The van der Waals surface area contributed by atoms with Crippen molar-refractivity contribution in [2.45, 2.75) is 24.9 Å². The number of carbonyl (C=O) groups excluding carboxylic acids is 4. The minimum absolute atomic E-state index is 0.0288. The number of nitrogens with zero attached hydrogens (tertiary/aromatic N) is 2. The van der Waals surface area contributed by atoms with Crippen LogP contribution in [0.1, 0.15) is 33.2 Å². The van der Waals surface area contributed by atoms with Gasteiger partial charge in [-0.1, -0.05) is 18.2 Å². The predicted octanol–water partition coefficient (Wildman–Crippen LogP) is 2.60. The van der Waals surface area contributed by atoms with Crippen molar-refractivity contribution in [3.8, 4) is 11.5 Å². The van der Waals surface area contributed by atoms with Crippen molar-refractivity contribution in [3.05, 3.63) is 70.4 Å². The molecule has 2 aromatic rings. The van der Waals surface area contributed by atoms with Crippen LogP contribution in [0.4, 0.5) is 0 Å². The lowest BCUT2D eigenvalue weighted by atomic mass is 10.0. The van der Waals surface area contributed by atoms with Crippen LogP contribution in [0.25, 0.3) is 0 Å². The molecule has 0 aromatic heterocycles. The van der Waals surface area contributed by atoms with Crippen LogP contribution in [0.3, 0.4) is 0 Å². The van der Waals surface area contributed by atoms with E-state index in [1.807, 2.05) is 0 Å². The summed E-state index contributed by atoms with van der Waals surface area (Å²) in [5.41, 5.74) is 1.98. The van der Waals surface area contributed by atoms with Crippen LogP contribution < -0.4 is 9.47 Å². The number of rotatable bonds is 6. The molecule has 0 spiro atoms. The highest BCUT2D eigenvalue weighted by atomic mass is 32.2. The first-order chi connectivity index (χ1) is 16.9. The standard InChI is InChI=1S/C25H22N2O7S/c1-13-12-35-24-20(26-21(28)16-5-4-6-17(33-3)18(16)22(26)29)23(30)27(24)19(13)25(31)34-11-14-7-9-15(32-2)10-8-14/h4-10,20,24H,11-12H2,1-3H3/t20?,24-/m0/s1. The molecule has 3 heterocycles. The van der Waals surface area contributed by atoms with Gasteiger partial charge in [-0.2, -0.15) is 0 Å². The van der Waals surface area contributed by atoms with Gasteiger partial charge in [0.2, 0.25) is 0 Å². The van der Waals surface area contributed by atoms with Gasteiger partial charge in [0.25, 0.3) is 17.7 Å². The molecule has 0 N–H and O–H groups in total. The number of thioether (sulfide) groups is 1. The zero-order chi connectivity index (χ0) is 24.9. The van der Waals surface area contributed by atoms with E-state index in [2.05, 4.69) is 0 Å². The Morgan fingerprint density at radius 2 is 1.74 bits per heavy atom. The van der Waals surface area contributed by atoms with Crippen molar-refractivity contribution < 1.29 is 33.4 Å². The summed E-state index contributed by atoms with van der Waals surface area (Å²) < 4.78 is 15.9. The summed E-state index contributed by atoms with van der Waals surface area (Å²) in [7, 11) is 2.98. The van der Waals surface area contributed by atoms with Crippen LogP contribution in [0.2, 0.25) is 0 Å². The van der Waals surface area contributed by atoms with Gasteiger partial charge in [-0.25, -0.2) is 4.79 Å². The molecule has 3 aliphatic rings. The Labute approximate surface area is 205 Å². The largest absolute Gasteiger partial charge is 0.497 e. The summed E-state index contributed by atoms with van der Waals surface area (Å²) in [4.78, 5) is 54.8. The van der Waals surface area contributed by atoms with Gasteiger partial charge in [0.15, 0.2) is 0 Å². The van der Waals surface area contributed by atoms with Crippen molar-refractivity contribution in [2.24, 2.45) is 0 Å². The van der Waals surface area contributed by atoms with Crippen molar-refractivity contribution in [2.75, 3.05) is 20.0 Å². The Balaban J connectivity index is 1.34. The molecule has 1 saturated heterocycles. The fraction of sp³-hybridized carbons (Fsp3) is 0.280. The van der Waals surface area contributed by atoms with Crippen LogP contribution >= 0.6 is 11.8 Å². The number of amides is 3. The summed E-state index contributed by atoms with van der Waals surface area (Å²) in [5, 5.41) is -0.567. The summed E-state index contributed by atoms with van der Waals surface area (Å²) >= 11 is 1.40. The number of imide groups is 1. The van der Waals surface area contributed by atoms with E-state index in [1.165, 1.54) is 23.8 Å². The summed E-state index contributed by atoms with van der Waals surface area (Å²) in [6, 6.07) is 10.9. The van der Waals surface area contributed by atoms with E-state index >= 15 is 0 Å². The van der Waals surface area contributed by atoms with Crippen molar-refractivity contribution >= 4 is 35.5 Å². The zero-order valence-electron chi connectivity index (χ0n) is 19.3. The Bertz CT molecular complexity index is 1290. The summed E-state index contributed by atoms with van der Waals surface area (Å²) in [5.74, 6) is -0.806. The minimum Gasteiger partial charge on any atom is -0.497 e. The molecule has 0 radical (unpaired) electrons. The van der Waals surface area contributed by atoms with Crippen LogP contribution in [0.15, 0.2) is 53.7 Å². The number of hydrogen-bond donors (Lipinski definition) is 0. The molecule has 2 aromatic carbocycles. The first-order valence-corrected chi connectivity index (χ1v) is 11.9. The lowest BCUT2D eigenvalue weighted by Crippen LogP contribution is -2.71. The molecule has 3 aliphatic heterocycles. The molecule has 0 bridgehead atoms. The van der Waals surface area contributed by atoms with Crippen LogP contribution in [0, 0.1) is 0 Å². The second kappa shape index (κ2) is 8.77. The maximum Gasteiger partial charge on any atom is 0.355 e. The van der Waals surface area contributed by atoms with Gasteiger partial charge in [-0.05, 0) is 42.3 Å². The Morgan fingerprint density at radius 1 is 1.00 bits per heavy atom. The van der Waals surface area contributed by atoms with Crippen molar-refractivity contribution in [1.82, 2.24) is 9.80 Å². The third-order valence-electron chi connectivity index (χ3n) is 6.26. The Kier molecular flexibility index (Phi) is 5.76. The maximum atomic E-state index is 13.3. The van der Waals surface area contributed by atoms with Gasteiger partial charge in [0.05, 0.1) is 25.3 Å². The van der Waals surface area contributed by atoms with Gasteiger partial charge >= 0.3 is 5.97 Å². The monoisotopic (exact) mass is 494 g/mol. The number of esters is 1. The van der Waals surface area contributed by atoms with Crippen LogP contribution in [-0.4, -0.2) is 64.9 Å². The molecule has 9 nitrogen and oxygen atoms in total. The Hall–Kier alpha value is -3.79. The van der Waals surface area contributed by atoms with Crippen molar-refractivity contribution in [1.29, 1.82) is 0 Å². The second-order valence-electron chi connectivity index (χ2n) is 8.27. The quantitative estimate of drug-likeness (QED) is 0.343. The molecule has 1 fully saturated rings. The molecule has 180 valence electrons. The van der Waals surface area contributed by atoms with E-state index in [0.29, 0.717) is 17.1 Å². The van der Waals surface area contributed by atoms with E-state index in [4.69, 9.17) is 14.2 Å². The molecular weight excluding hydrogens is 472 g/mol. The minimum atomic E-state index is -1.01. The topological polar surface area (TPSA) is 102 Å². The van der Waals surface area contributed by atoms with Gasteiger partial charge < -0.3 is 14.2 Å². The normalized spacial score (nSPS) is 20.9. The van der Waals surface area contributed by atoms with Gasteiger partial charge in [-0.15, -0.1) is 11.8 Å². The summed E-state index contributed by atoms with van der Waals surface area (Å²) in [6.45, 7) is 1.79. The molecule has 10 heteroatoms. The average molecular weight is 495 g/mol. The molecule has 5 rings (SSSR count). The molecule has 0 aliphatic carbocycles. The fourth-order valence-corrected chi connectivity index (χ4v) is 5.82. The Morgan fingerprint density at radius 3 is 2.43 bits per heavy atom. The molecule has 35 heavy (non-hydrogen) atoms. The fourth-order valence-electron chi connectivity index (χ4n) is 4.48.